The van der Waals surface area contributed by atoms with E-state index in [9.17, 15) is 5.11 Å². The third kappa shape index (κ3) is 3.24. The van der Waals surface area contributed by atoms with E-state index in [2.05, 4.69) is 23.5 Å². The Labute approximate surface area is 127 Å². The van der Waals surface area contributed by atoms with E-state index >= 15 is 0 Å². The number of aryl methyl sites for hydroxylation is 1. The molecule has 3 unspecified atom stereocenters. The van der Waals surface area contributed by atoms with Crippen molar-refractivity contribution in [3.8, 4) is 5.75 Å². The minimum absolute atomic E-state index is 0.349. The molecule has 0 aromatic heterocycles. The number of rotatable bonds is 5. The summed E-state index contributed by atoms with van der Waals surface area (Å²) in [5.74, 6) is 2.09. The highest BCUT2D eigenvalue weighted by atomic mass is 16.5. The molecule has 1 saturated carbocycles. The van der Waals surface area contributed by atoms with Gasteiger partial charge in [0.1, 0.15) is 5.75 Å². The molecule has 116 valence electrons. The summed E-state index contributed by atoms with van der Waals surface area (Å²) in [5, 5.41) is 13.3. The largest absolute Gasteiger partial charge is 0.497 e. The van der Waals surface area contributed by atoms with E-state index in [0.29, 0.717) is 24.5 Å². The monoisotopic (exact) mass is 289 g/mol. The average Bonchev–Trinajstić information content (AvgIpc) is 2.95. The molecule has 1 aromatic rings. The topological polar surface area (TPSA) is 41.5 Å². The zero-order valence-electron chi connectivity index (χ0n) is 13.0. The van der Waals surface area contributed by atoms with Gasteiger partial charge in [0, 0.05) is 12.6 Å². The van der Waals surface area contributed by atoms with E-state index < -0.39 is 0 Å². The summed E-state index contributed by atoms with van der Waals surface area (Å²) < 4.78 is 5.36. The van der Waals surface area contributed by atoms with Crippen LogP contribution in [0.25, 0.3) is 0 Å². The van der Waals surface area contributed by atoms with E-state index in [1.165, 1.54) is 43.2 Å². The zero-order chi connectivity index (χ0) is 14.7. The second-order valence-electron chi connectivity index (χ2n) is 6.55. The van der Waals surface area contributed by atoms with Crippen LogP contribution in [0.15, 0.2) is 18.2 Å². The predicted molar refractivity (Wildman–Crippen MR) is 84.6 cm³/mol. The fraction of sp³-hybridized carbons (Fsp3) is 0.667. The number of hydrogen-bond donors (Lipinski definition) is 2. The SMILES string of the molecule is COc1ccc2c(c1)C(NCC1CCCCC1CO)CC2. The van der Waals surface area contributed by atoms with Crippen molar-refractivity contribution >= 4 is 0 Å². The van der Waals surface area contributed by atoms with Gasteiger partial charge in [0.2, 0.25) is 0 Å². The van der Waals surface area contributed by atoms with Crippen molar-refractivity contribution in [3.63, 3.8) is 0 Å². The first-order valence-corrected chi connectivity index (χ1v) is 8.33. The fourth-order valence-corrected chi connectivity index (χ4v) is 4.01. The Kier molecular flexibility index (Phi) is 4.81. The van der Waals surface area contributed by atoms with E-state index in [0.717, 1.165) is 18.7 Å². The summed E-state index contributed by atoms with van der Waals surface area (Å²) >= 11 is 0. The second-order valence-corrected chi connectivity index (χ2v) is 6.55. The molecule has 0 heterocycles. The van der Waals surface area contributed by atoms with Crippen molar-refractivity contribution < 1.29 is 9.84 Å². The average molecular weight is 289 g/mol. The molecule has 1 aromatic carbocycles. The maximum atomic E-state index is 9.54. The standard InChI is InChI=1S/C18H27NO2/c1-21-16-8-6-13-7-9-18(17(13)10-16)19-11-14-4-2-3-5-15(14)12-20/h6,8,10,14-15,18-20H,2-5,7,9,11-12H2,1H3. The van der Waals surface area contributed by atoms with Gasteiger partial charge in [-0.15, -0.1) is 0 Å². The summed E-state index contributed by atoms with van der Waals surface area (Å²) in [6.45, 7) is 1.38. The lowest BCUT2D eigenvalue weighted by atomic mass is 9.79. The molecule has 3 nitrogen and oxygen atoms in total. The van der Waals surface area contributed by atoms with Crippen LogP contribution in [0.1, 0.15) is 49.3 Å². The van der Waals surface area contributed by atoms with Gasteiger partial charge < -0.3 is 15.2 Å². The minimum Gasteiger partial charge on any atom is -0.497 e. The first-order valence-electron chi connectivity index (χ1n) is 8.33. The van der Waals surface area contributed by atoms with Gasteiger partial charge in [0.15, 0.2) is 0 Å². The van der Waals surface area contributed by atoms with Crippen LogP contribution in [-0.4, -0.2) is 25.4 Å². The van der Waals surface area contributed by atoms with E-state index in [1.807, 2.05) is 0 Å². The Bertz CT molecular complexity index is 474. The molecular weight excluding hydrogens is 262 g/mol. The van der Waals surface area contributed by atoms with Gasteiger partial charge >= 0.3 is 0 Å². The Hall–Kier alpha value is -1.06. The highest BCUT2D eigenvalue weighted by molar-refractivity contribution is 5.40. The molecule has 1 fully saturated rings. The van der Waals surface area contributed by atoms with E-state index in [1.54, 1.807) is 7.11 Å². The number of methoxy groups -OCH3 is 1. The molecule has 0 spiro atoms. The van der Waals surface area contributed by atoms with Gasteiger partial charge in [-0.3, -0.25) is 0 Å². The molecule has 2 aliphatic rings. The highest BCUT2D eigenvalue weighted by Gasteiger charge is 2.27. The smallest absolute Gasteiger partial charge is 0.119 e. The van der Waals surface area contributed by atoms with Gasteiger partial charge in [-0.2, -0.15) is 0 Å². The molecular formula is C18H27NO2. The van der Waals surface area contributed by atoms with Crippen LogP contribution in [0.3, 0.4) is 0 Å². The lowest BCUT2D eigenvalue weighted by Gasteiger charge is -2.31. The maximum Gasteiger partial charge on any atom is 0.119 e. The van der Waals surface area contributed by atoms with Crippen LogP contribution in [0.2, 0.25) is 0 Å². The van der Waals surface area contributed by atoms with Gasteiger partial charge in [-0.25, -0.2) is 0 Å². The number of fused-ring (bicyclic) bond motifs is 1. The molecule has 3 heteroatoms. The van der Waals surface area contributed by atoms with Crippen LogP contribution in [0, 0.1) is 11.8 Å². The third-order valence-corrected chi connectivity index (χ3v) is 5.36. The molecule has 0 aliphatic heterocycles. The molecule has 0 amide bonds. The van der Waals surface area contributed by atoms with Crippen molar-refractivity contribution in [1.29, 1.82) is 0 Å². The normalized spacial score (nSPS) is 28.4. The minimum atomic E-state index is 0.349. The molecule has 0 saturated heterocycles. The summed E-state index contributed by atoms with van der Waals surface area (Å²) in [7, 11) is 1.73. The third-order valence-electron chi connectivity index (χ3n) is 5.36. The Morgan fingerprint density at radius 2 is 2.00 bits per heavy atom. The molecule has 3 atom stereocenters. The lowest BCUT2D eigenvalue weighted by Crippen LogP contribution is -2.33. The lowest BCUT2D eigenvalue weighted by molar-refractivity contribution is 0.131. The first-order chi connectivity index (χ1) is 10.3. The Morgan fingerprint density at radius 3 is 2.76 bits per heavy atom. The molecule has 21 heavy (non-hydrogen) atoms. The number of aliphatic hydroxyl groups is 1. The summed E-state index contributed by atoms with van der Waals surface area (Å²) in [5.41, 5.74) is 2.86. The van der Waals surface area contributed by atoms with Gasteiger partial charge in [0.05, 0.1) is 7.11 Å². The van der Waals surface area contributed by atoms with E-state index in [4.69, 9.17) is 4.74 Å². The molecule has 0 bridgehead atoms. The number of ether oxygens (including phenoxy) is 1. The van der Waals surface area contributed by atoms with Crippen LogP contribution >= 0.6 is 0 Å². The molecule has 2 aliphatic carbocycles. The Morgan fingerprint density at radius 1 is 1.19 bits per heavy atom. The number of hydrogen-bond acceptors (Lipinski definition) is 3. The van der Waals surface area contributed by atoms with Crippen molar-refractivity contribution in [3.05, 3.63) is 29.3 Å². The number of aliphatic hydroxyl groups excluding tert-OH is 1. The first kappa shape index (κ1) is 14.9. The second kappa shape index (κ2) is 6.80. The molecule has 0 radical (unpaired) electrons. The van der Waals surface area contributed by atoms with Crippen molar-refractivity contribution in [2.24, 2.45) is 11.8 Å². The van der Waals surface area contributed by atoms with Crippen LogP contribution in [0.4, 0.5) is 0 Å². The number of nitrogens with one attached hydrogen (secondary N) is 1. The van der Waals surface area contributed by atoms with Gasteiger partial charge in [0.25, 0.3) is 0 Å². The number of benzene rings is 1. The zero-order valence-corrected chi connectivity index (χ0v) is 13.0. The van der Waals surface area contributed by atoms with E-state index in [-0.39, 0.29) is 0 Å². The summed E-state index contributed by atoms with van der Waals surface area (Å²) in [4.78, 5) is 0. The van der Waals surface area contributed by atoms with Crippen molar-refractivity contribution in [2.75, 3.05) is 20.3 Å². The predicted octanol–water partition coefficient (Wildman–Crippen LogP) is 3.07. The quantitative estimate of drug-likeness (QED) is 0.875. The summed E-state index contributed by atoms with van der Waals surface area (Å²) in [6.07, 6.45) is 7.39. The van der Waals surface area contributed by atoms with Crippen LogP contribution in [-0.2, 0) is 6.42 Å². The van der Waals surface area contributed by atoms with Crippen LogP contribution in [0.5, 0.6) is 5.75 Å². The van der Waals surface area contributed by atoms with Crippen molar-refractivity contribution in [1.82, 2.24) is 5.32 Å². The molecule has 2 N–H and O–H groups in total. The fourth-order valence-electron chi connectivity index (χ4n) is 4.01. The van der Waals surface area contributed by atoms with Crippen molar-refractivity contribution in [2.45, 2.75) is 44.6 Å². The molecule has 3 rings (SSSR count). The highest BCUT2D eigenvalue weighted by Crippen LogP contribution is 2.35. The maximum absolute atomic E-state index is 9.54. The van der Waals surface area contributed by atoms with Gasteiger partial charge in [-0.1, -0.05) is 18.9 Å². The van der Waals surface area contributed by atoms with Gasteiger partial charge in [-0.05, 0) is 67.3 Å². The van der Waals surface area contributed by atoms with Crippen LogP contribution < -0.4 is 10.1 Å². The Balaban J connectivity index is 1.62. The summed E-state index contributed by atoms with van der Waals surface area (Å²) in [6, 6.07) is 6.90.